The predicted octanol–water partition coefficient (Wildman–Crippen LogP) is 3.58. The number of rotatable bonds is 4. The maximum atomic E-state index is 13.0. The molecule has 1 saturated heterocycles. The smallest absolute Gasteiger partial charge is 0.319 e. The number of morpholine rings is 1. The van der Waals surface area contributed by atoms with Gasteiger partial charge in [-0.2, -0.15) is 0 Å². The minimum absolute atomic E-state index is 0.134. The molecule has 36 heavy (non-hydrogen) atoms. The molecule has 9 nitrogen and oxygen atoms in total. The van der Waals surface area contributed by atoms with Gasteiger partial charge in [0.05, 0.1) is 31.5 Å². The van der Waals surface area contributed by atoms with Crippen molar-refractivity contribution in [3.8, 4) is 11.4 Å². The van der Waals surface area contributed by atoms with Crippen molar-refractivity contribution in [2.45, 2.75) is 65.6 Å². The lowest BCUT2D eigenvalue weighted by atomic mass is 9.93. The number of carbonyl (C=O) groups excluding carboxylic acids is 2. The van der Waals surface area contributed by atoms with E-state index < -0.39 is 5.41 Å². The van der Waals surface area contributed by atoms with Crippen LogP contribution in [0.25, 0.3) is 11.4 Å². The zero-order chi connectivity index (χ0) is 25.4. The van der Waals surface area contributed by atoms with Gasteiger partial charge in [-0.1, -0.05) is 20.8 Å². The quantitative estimate of drug-likeness (QED) is 0.677. The van der Waals surface area contributed by atoms with Gasteiger partial charge in [-0.15, -0.1) is 0 Å². The van der Waals surface area contributed by atoms with Crippen LogP contribution in [0.3, 0.4) is 0 Å². The van der Waals surface area contributed by atoms with Gasteiger partial charge >= 0.3 is 6.03 Å². The topological polar surface area (TPSA) is 99.7 Å². The molecule has 0 bridgehead atoms. The number of fused-ring (bicyclic) bond motifs is 1. The molecular formula is C27H36N6O3. The molecule has 1 unspecified atom stereocenters. The summed E-state index contributed by atoms with van der Waals surface area (Å²) in [6.45, 7) is 11.3. The molecule has 1 atom stereocenters. The van der Waals surface area contributed by atoms with Gasteiger partial charge in [0.2, 0.25) is 5.91 Å². The third-order valence-corrected chi connectivity index (χ3v) is 6.93. The lowest BCUT2D eigenvalue weighted by Gasteiger charge is -2.38. The van der Waals surface area contributed by atoms with E-state index >= 15 is 0 Å². The summed E-state index contributed by atoms with van der Waals surface area (Å²) in [6.07, 6.45) is 2.83. The van der Waals surface area contributed by atoms with E-state index in [1.54, 1.807) is 0 Å². The maximum absolute atomic E-state index is 13.0. The van der Waals surface area contributed by atoms with Crippen molar-refractivity contribution in [2.24, 2.45) is 5.41 Å². The van der Waals surface area contributed by atoms with E-state index in [0.717, 1.165) is 54.1 Å². The Hall–Kier alpha value is -3.20. The van der Waals surface area contributed by atoms with E-state index in [2.05, 4.69) is 22.5 Å². The number of benzene rings is 1. The van der Waals surface area contributed by atoms with Crippen molar-refractivity contribution in [3.05, 3.63) is 35.5 Å². The molecule has 0 radical (unpaired) electrons. The summed E-state index contributed by atoms with van der Waals surface area (Å²) >= 11 is 0. The van der Waals surface area contributed by atoms with Gasteiger partial charge in [-0.3, -0.25) is 4.79 Å². The fraction of sp³-hybridized carbons (Fsp3) is 0.556. The van der Waals surface area contributed by atoms with Crippen LogP contribution in [-0.2, 0) is 22.5 Å². The van der Waals surface area contributed by atoms with Crippen molar-refractivity contribution in [1.82, 2.24) is 20.2 Å². The van der Waals surface area contributed by atoms with Crippen LogP contribution >= 0.6 is 0 Å². The zero-order valence-electron chi connectivity index (χ0n) is 21.6. The Morgan fingerprint density at radius 3 is 2.50 bits per heavy atom. The Labute approximate surface area is 212 Å². The number of urea groups is 1. The highest BCUT2D eigenvalue weighted by atomic mass is 16.5. The van der Waals surface area contributed by atoms with Crippen LogP contribution in [0.1, 0.15) is 51.8 Å². The summed E-state index contributed by atoms with van der Waals surface area (Å²) in [5.74, 6) is 1.70. The van der Waals surface area contributed by atoms with Gasteiger partial charge in [0.25, 0.3) is 0 Å². The number of nitrogens with zero attached hydrogens (tertiary/aromatic N) is 4. The molecule has 1 saturated carbocycles. The highest BCUT2D eigenvalue weighted by Gasteiger charge is 2.33. The zero-order valence-corrected chi connectivity index (χ0v) is 21.6. The molecule has 1 aliphatic carbocycles. The molecule has 2 N–H and O–H groups in total. The first-order chi connectivity index (χ1) is 17.2. The van der Waals surface area contributed by atoms with Crippen LogP contribution in [0.4, 0.5) is 16.3 Å². The summed E-state index contributed by atoms with van der Waals surface area (Å²) in [7, 11) is 0. The minimum Gasteiger partial charge on any atom is -0.377 e. The normalized spacial score (nSPS) is 20.1. The molecule has 3 amide bonds. The first-order valence-electron chi connectivity index (χ1n) is 12.9. The second kappa shape index (κ2) is 9.69. The molecule has 1 aromatic heterocycles. The van der Waals surface area contributed by atoms with E-state index in [1.165, 1.54) is 0 Å². The molecule has 3 aliphatic rings. The van der Waals surface area contributed by atoms with Crippen molar-refractivity contribution < 1.29 is 14.3 Å². The first-order valence-corrected chi connectivity index (χ1v) is 12.9. The fourth-order valence-electron chi connectivity index (χ4n) is 4.75. The molecule has 5 rings (SSSR count). The number of nitrogens with one attached hydrogen (secondary N) is 2. The van der Waals surface area contributed by atoms with E-state index in [-0.39, 0.29) is 18.0 Å². The Balaban J connectivity index is 1.45. The second-order valence-electron chi connectivity index (χ2n) is 11.1. The highest BCUT2D eigenvalue weighted by Crippen LogP contribution is 2.33. The average Bonchev–Trinajstić information content (AvgIpc) is 3.66. The van der Waals surface area contributed by atoms with Crippen LogP contribution in [0.15, 0.2) is 24.3 Å². The lowest BCUT2D eigenvalue weighted by Crippen LogP contribution is -2.46. The van der Waals surface area contributed by atoms with Crippen LogP contribution < -0.4 is 15.5 Å². The number of hydrogen-bond donors (Lipinski definition) is 2. The van der Waals surface area contributed by atoms with Crippen LogP contribution in [0, 0.1) is 5.41 Å². The molecule has 0 spiro atoms. The molecule has 1 aromatic carbocycles. The summed E-state index contributed by atoms with van der Waals surface area (Å²) in [4.78, 5) is 39.3. The summed E-state index contributed by atoms with van der Waals surface area (Å²) in [6, 6.07) is 7.94. The monoisotopic (exact) mass is 492 g/mol. The number of anilines is 2. The fourth-order valence-corrected chi connectivity index (χ4v) is 4.75. The van der Waals surface area contributed by atoms with Crippen LogP contribution in [0.2, 0.25) is 0 Å². The molecule has 192 valence electrons. The first kappa shape index (κ1) is 24.5. The third kappa shape index (κ3) is 5.31. The molecule has 2 aromatic rings. The van der Waals surface area contributed by atoms with Gasteiger partial charge in [0.15, 0.2) is 5.82 Å². The van der Waals surface area contributed by atoms with Gasteiger partial charge in [-0.05, 0) is 50.5 Å². The van der Waals surface area contributed by atoms with E-state index in [4.69, 9.17) is 14.7 Å². The maximum Gasteiger partial charge on any atom is 0.319 e. The van der Waals surface area contributed by atoms with Gasteiger partial charge in [0.1, 0.15) is 5.82 Å². The largest absolute Gasteiger partial charge is 0.377 e. The number of ether oxygens (including phenoxy) is 1. The van der Waals surface area contributed by atoms with Crippen molar-refractivity contribution >= 4 is 23.4 Å². The van der Waals surface area contributed by atoms with Crippen LogP contribution in [-0.4, -0.2) is 65.2 Å². The highest BCUT2D eigenvalue weighted by molar-refractivity contribution is 5.90. The average molecular weight is 493 g/mol. The number of aromatic nitrogens is 2. The SMILES string of the molecule is CC1COCCN1c1nc(-c2ccc(NC(=O)NC3CC3)cc2)nc2c1CCN(C(=O)C(C)(C)C)C2. The van der Waals surface area contributed by atoms with Gasteiger partial charge < -0.3 is 25.2 Å². The number of carbonyl (C=O) groups is 2. The summed E-state index contributed by atoms with van der Waals surface area (Å²) in [5, 5.41) is 5.82. The third-order valence-electron chi connectivity index (χ3n) is 6.93. The van der Waals surface area contributed by atoms with Crippen molar-refractivity contribution in [3.63, 3.8) is 0 Å². The van der Waals surface area contributed by atoms with Gasteiger partial charge in [-0.25, -0.2) is 14.8 Å². The molecule has 3 heterocycles. The number of hydrogen-bond acceptors (Lipinski definition) is 6. The predicted molar refractivity (Wildman–Crippen MR) is 139 cm³/mol. The van der Waals surface area contributed by atoms with Crippen molar-refractivity contribution in [2.75, 3.05) is 36.5 Å². The Morgan fingerprint density at radius 1 is 1.08 bits per heavy atom. The minimum atomic E-state index is -0.441. The molecule has 9 heteroatoms. The Bertz CT molecular complexity index is 1140. The van der Waals surface area contributed by atoms with E-state index in [9.17, 15) is 9.59 Å². The summed E-state index contributed by atoms with van der Waals surface area (Å²) in [5.41, 5.74) is 3.18. The Morgan fingerprint density at radius 2 is 1.83 bits per heavy atom. The molecule has 2 fully saturated rings. The molecule has 2 aliphatic heterocycles. The Kier molecular flexibility index (Phi) is 6.59. The van der Waals surface area contributed by atoms with E-state index in [0.29, 0.717) is 38.2 Å². The van der Waals surface area contributed by atoms with E-state index in [1.807, 2.05) is 49.9 Å². The lowest BCUT2D eigenvalue weighted by molar-refractivity contribution is -0.140. The number of amides is 3. The van der Waals surface area contributed by atoms with Crippen molar-refractivity contribution in [1.29, 1.82) is 0 Å². The molecular weight excluding hydrogens is 456 g/mol. The standard InChI is InChI=1S/C27H36N6O3/c1-17-16-36-14-13-33(17)24-21-11-12-32(25(34)27(2,3)4)15-22(21)30-23(31-24)18-5-7-19(8-6-18)28-26(35)29-20-9-10-20/h5-8,17,20H,9-16H2,1-4H3,(H2,28,29,35). The second-order valence-corrected chi connectivity index (χ2v) is 11.1. The van der Waals surface area contributed by atoms with Crippen LogP contribution in [0.5, 0.6) is 0 Å². The summed E-state index contributed by atoms with van der Waals surface area (Å²) < 4.78 is 5.67. The van der Waals surface area contributed by atoms with Gasteiger partial charge in [0, 0.05) is 41.4 Å².